The number of hydrogen-bond acceptors (Lipinski definition) is 3. The zero-order valence-corrected chi connectivity index (χ0v) is 17.2. The molecule has 4 nitrogen and oxygen atoms in total. The van der Waals surface area contributed by atoms with Gasteiger partial charge < -0.3 is 18.9 Å². The van der Waals surface area contributed by atoms with E-state index in [0.29, 0.717) is 6.04 Å². The maximum Gasteiger partial charge on any atom is 0.118 e. The van der Waals surface area contributed by atoms with Crippen LogP contribution in [0.15, 0.2) is 42.6 Å². The summed E-state index contributed by atoms with van der Waals surface area (Å²) in [5, 5.41) is 0. The Balaban J connectivity index is 1.66. The molecule has 1 fully saturated rings. The highest BCUT2D eigenvalue weighted by Gasteiger charge is 2.28. The normalized spacial score (nSPS) is 19.4. The zero-order chi connectivity index (χ0) is 19.7. The highest BCUT2D eigenvalue weighted by Crippen LogP contribution is 2.38. The zero-order valence-electron chi connectivity index (χ0n) is 17.2. The number of aromatic nitrogens is 1. The minimum absolute atomic E-state index is 0.428. The van der Waals surface area contributed by atoms with Crippen LogP contribution in [0.3, 0.4) is 0 Å². The molecule has 0 bridgehead atoms. The van der Waals surface area contributed by atoms with Gasteiger partial charge in [-0.15, -0.1) is 0 Å². The Kier molecular flexibility index (Phi) is 5.31. The van der Waals surface area contributed by atoms with Gasteiger partial charge in [-0.3, -0.25) is 0 Å². The van der Waals surface area contributed by atoms with Crippen molar-refractivity contribution < 1.29 is 9.47 Å². The third-order valence-electron chi connectivity index (χ3n) is 5.93. The van der Waals surface area contributed by atoms with E-state index >= 15 is 0 Å². The summed E-state index contributed by atoms with van der Waals surface area (Å²) in [6.07, 6.45) is 5.65. The number of methoxy groups -OCH3 is 1. The number of fused-ring (bicyclic) bond motifs is 1. The standard InChI is InChI=1S/C24H30N2O2/c1-5-20-14-23-18(3)25(15-19-8-10-22(27-4)11-9-19)17(2)13-24(23)26(20)21-7-6-12-28-16-21/h8-11,13-14,21H,3,5-7,12,15-16H2,1-2,4H3. The summed E-state index contributed by atoms with van der Waals surface area (Å²) in [7, 11) is 1.70. The van der Waals surface area contributed by atoms with E-state index in [-0.39, 0.29) is 0 Å². The smallest absolute Gasteiger partial charge is 0.118 e. The van der Waals surface area contributed by atoms with Gasteiger partial charge in [0.15, 0.2) is 0 Å². The molecule has 0 amide bonds. The van der Waals surface area contributed by atoms with Crippen molar-refractivity contribution in [2.24, 2.45) is 0 Å². The first-order valence-corrected chi connectivity index (χ1v) is 10.2. The van der Waals surface area contributed by atoms with Gasteiger partial charge in [0.2, 0.25) is 0 Å². The average Bonchev–Trinajstić information content (AvgIpc) is 3.10. The summed E-state index contributed by atoms with van der Waals surface area (Å²) in [5.74, 6) is 0.884. The van der Waals surface area contributed by atoms with E-state index in [2.05, 4.69) is 54.2 Å². The van der Waals surface area contributed by atoms with Crippen molar-refractivity contribution in [1.82, 2.24) is 9.47 Å². The monoisotopic (exact) mass is 378 g/mol. The quantitative estimate of drug-likeness (QED) is 0.710. The van der Waals surface area contributed by atoms with Crippen molar-refractivity contribution in [3.8, 4) is 5.75 Å². The highest BCUT2D eigenvalue weighted by atomic mass is 16.5. The topological polar surface area (TPSA) is 26.6 Å². The Morgan fingerprint density at radius 3 is 2.68 bits per heavy atom. The van der Waals surface area contributed by atoms with Crippen LogP contribution in [0.2, 0.25) is 0 Å². The van der Waals surface area contributed by atoms with Gasteiger partial charge in [0, 0.05) is 35.8 Å². The first-order valence-electron chi connectivity index (χ1n) is 10.2. The molecule has 4 rings (SSSR count). The molecule has 1 atom stereocenters. The third-order valence-corrected chi connectivity index (χ3v) is 5.93. The Labute approximate surface area is 168 Å². The minimum Gasteiger partial charge on any atom is -0.497 e. The lowest BCUT2D eigenvalue weighted by atomic mass is 10.0. The summed E-state index contributed by atoms with van der Waals surface area (Å²) in [6, 6.07) is 11.0. The van der Waals surface area contributed by atoms with Gasteiger partial charge in [-0.1, -0.05) is 25.6 Å². The fourth-order valence-electron chi connectivity index (χ4n) is 4.37. The molecule has 1 saturated heterocycles. The lowest BCUT2D eigenvalue weighted by molar-refractivity contribution is 0.0582. The highest BCUT2D eigenvalue weighted by molar-refractivity contribution is 5.78. The molecule has 4 heteroatoms. The van der Waals surface area contributed by atoms with Gasteiger partial charge >= 0.3 is 0 Å². The van der Waals surface area contributed by atoms with Crippen LogP contribution < -0.4 is 4.74 Å². The van der Waals surface area contributed by atoms with E-state index in [4.69, 9.17) is 9.47 Å². The Morgan fingerprint density at radius 2 is 2.04 bits per heavy atom. The van der Waals surface area contributed by atoms with Crippen LogP contribution in [-0.2, 0) is 17.7 Å². The van der Waals surface area contributed by atoms with Crippen molar-refractivity contribution in [3.05, 3.63) is 65.1 Å². The van der Waals surface area contributed by atoms with Gasteiger partial charge in [-0.25, -0.2) is 0 Å². The van der Waals surface area contributed by atoms with E-state index in [1.165, 1.54) is 34.6 Å². The van der Waals surface area contributed by atoms with Crippen molar-refractivity contribution >= 4 is 11.8 Å². The number of benzene rings is 1. The number of aryl methyl sites for hydroxylation is 1. The second kappa shape index (κ2) is 7.88. The Morgan fingerprint density at radius 1 is 1.25 bits per heavy atom. The Bertz CT molecular complexity index is 886. The summed E-state index contributed by atoms with van der Waals surface area (Å²) in [5.41, 5.74) is 7.47. The van der Waals surface area contributed by atoms with Crippen LogP contribution in [-0.4, -0.2) is 29.8 Å². The molecule has 1 aromatic heterocycles. The number of ether oxygens (including phenoxy) is 2. The molecule has 28 heavy (non-hydrogen) atoms. The molecular formula is C24H30N2O2. The second-order valence-corrected chi connectivity index (χ2v) is 7.70. The Hall–Kier alpha value is -2.46. The van der Waals surface area contributed by atoms with Crippen molar-refractivity contribution in [3.63, 3.8) is 0 Å². The molecule has 0 N–H and O–H groups in total. The fourth-order valence-corrected chi connectivity index (χ4v) is 4.37. The molecule has 2 aliphatic heterocycles. The first kappa shape index (κ1) is 18.9. The van der Waals surface area contributed by atoms with Crippen molar-refractivity contribution in [2.75, 3.05) is 20.3 Å². The maximum atomic E-state index is 5.78. The minimum atomic E-state index is 0.428. The molecule has 148 valence electrons. The van der Waals surface area contributed by atoms with Gasteiger partial charge in [0.05, 0.1) is 25.5 Å². The van der Waals surface area contributed by atoms with Crippen molar-refractivity contribution in [2.45, 2.75) is 45.7 Å². The van der Waals surface area contributed by atoms with E-state index in [9.17, 15) is 0 Å². The first-order chi connectivity index (χ1) is 13.6. The molecule has 0 aliphatic carbocycles. The number of rotatable bonds is 5. The molecule has 0 spiro atoms. The maximum absolute atomic E-state index is 5.78. The average molecular weight is 379 g/mol. The number of allylic oxidation sites excluding steroid dienone is 1. The molecule has 1 unspecified atom stereocenters. The lowest BCUT2D eigenvalue weighted by Crippen LogP contribution is -2.26. The van der Waals surface area contributed by atoms with Crippen LogP contribution in [0.5, 0.6) is 5.75 Å². The molecule has 2 aliphatic rings. The van der Waals surface area contributed by atoms with Crippen LogP contribution >= 0.6 is 0 Å². The largest absolute Gasteiger partial charge is 0.497 e. The summed E-state index contributed by atoms with van der Waals surface area (Å²) in [4.78, 5) is 2.31. The molecule has 0 saturated carbocycles. The predicted octanol–water partition coefficient (Wildman–Crippen LogP) is 5.26. The van der Waals surface area contributed by atoms with Crippen LogP contribution in [0.4, 0.5) is 0 Å². The lowest BCUT2D eigenvalue weighted by Gasteiger charge is -2.33. The summed E-state index contributed by atoms with van der Waals surface area (Å²) in [6.45, 7) is 11.4. The van der Waals surface area contributed by atoms with Gasteiger partial charge in [-0.2, -0.15) is 0 Å². The molecule has 3 heterocycles. The van der Waals surface area contributed by atoms with Gasteiger partial charge in [0.1, 0.15) is 5.75 Å². The van der Waals surface area contributed by atoms with E-state index < -0.39 is 0 Å². The van der Waals surface area contributed by atoms with E-state index in [1.54, 1.807) is 7.11 Å². The van der Waals surface area contributed by atoms with E-state index in [1.807, 2.05) is 12.1 Å². The van der Waals surface area contributed by atoms with E-state index in [0.717, 1.165) is 44.0 Å². The summed E-state index contributed by atoms with van der Waals surface area (Å²) >= 11 is 0. The number of hydrogen-bond donors (Lipinski definition) is 0. The molecule has 2 aromatic rings. The second-order valence-electron chi connectivity index (χ2n) is 7.70. The van der Waals surface area contributed by atoms with Gasteiger partial charge in [-0.05, 0) is 56.0 Å². The summed E-state index contributed by atoms with van der Waals surface area (Å²) < 4.78 is 13.6. The van der Waals surface area contributed by atoms with Crippen LogP contribution in [0, 0.1) is 0 Å². The SMILES string of the molecule is C=C1c2cc(CC)n(C3CCCOC3)c2C=C(C)N1Cc1ccc(OC)cc1. The molecular weight excluding hydrogens is 348 g/mol. The van der Waals surface area contributed by atoms with Crippen LogP contribution in [0.25, 0.3) is 11.8 Å². The van der Waals surface area contributed by atoms with Crippen LogP contribution in [0.1, 0.15) is 55.2 Å². The number of nitrogens with zero attached hydrogens (tertiary/aromatic N) is 2. The molecule has 1 aromatic carbocycles. The predicted molar refractivity (Wildman–Crippen MR) is 114 cm³/mol. The van der Waals surface area contributed by atoms with Crippen molar-refractivity contribution in [1.29, 1.82) is 0 Å². The third kappa shape index (κ3) is 3.37. The fraction of sp³-hybridized carbons (Fsp3) is 0.417. The van der Waals surface area contributed by atoms with Gasteiger partial charge in [0.25, 0.3) is 0 Å². The molecule has 0 radical (unpaired) electrons.